The molecule has 0 aromatic carbocycles. The Morgan fingerprint density at radius 2 is 0.444 bits per heavy atom. The topological polar surface area (TPSA) is 31.5 Å². The van der Waals surface area contributed by atoms with Crippen LogP contribution in [0.2, 0.25) is 0 Å². The van der Waals surface area contributed by atoms with E-state index in [9.17, 15) is 0 Å². The maximum Gasteiger partial charge on any atom is 2.00 e. The molecule has 1 nitrogen and oxygen atoms in total. The molecule has 0 saturated carbocycles. The minimum Gasteiger partial charge on any atom is -0.813 e. The summed E-state index contributed by atoms with van der Waals surface area (Å²) in [5.74, 6) is 0. The van der Waals surface area contributed by atoms with Crippen molar-refractivity contribution in [3.8, 4) is 0 Å². The van der Waals surface area contributed by atoms with Gasteiger partial charge in [0.15, 0.2) is 0 Å². The van der Waals surface area contributed by atoms with E-state index in [1.54, 1.807) is 0 Å². The van der Waals surface area contributed by atoms with Crippen molar-refractivity contribution in [2.45, 2.75) is 0 Å². The Morgan fingerprint density at radius 1 is 0.444 bits per heavy atom. The van der Waals surface area contributed by atoms with Crippen LogP contribution in [0.25, 0.3) is 0 Å². The molecule has 0 bridgehead atoms. The zero-order valence-electron chi connectivity index (χ0n) is 3.70. The minimum absolute atomic E-state index is 0. The quantitative estimate of drug-likeness (QED) is 0.282. The molecule has 0 spiro atoms. The number of hydrogen-bond donors (Lipinski definition) is 0. The number of thiol groups is 4. The molecule has 70 valence electrons. The Morgan fingerprint density at radius 3 is 0.444 bits per heavy atom. The van der Waals surface area contributed by atoms with E-state index in [0.717, 1.165) is 0 Å². The Bertz CT molecular complexity index is 12.5. The van der Waals surface area contributed by atoms with E-state index in [4.69, 9.17) is 0 Å². The van der Waals surface area contributed by atoms with Gasteiger partial charge in [0, 0.05) is 51.2 Å². The molecular weight excluding hydrogens is 368 g/mol. The first-order valence-electron chi connectivity index (χ1n) is 0. The molecule has 0 aliphatic rings. The zero-order valence-corrected chi connectivity index (χ0v) is 11.7. The first-order valence-corrected chi connectivity index (χ1v) is 0. The zero-order chi connectivity index (χ0) is 0. The van der Waals surface area contributed by atoms with Crippen molar-refractivity contribution < 1.29 is 73.8 Å². The van der Waals surface area contributed by atoms with Crippen molar-refractivity contribution in [2.24, 2.45) is 0 Å². The van der Waals surface area contributed by atoms with Crippen molar-refractivity contribution in [3.63, 3.8) is 0 Å². The van der Waals surface area contributed by atoms with Crippen molar-refractivity contribution >= 4 is 54.0 Å². The summed E-state index contributed by atoms with van der Waals surface area (Å²) < 4.78 is 0. The normalized spacial score (nSPS) is 0. The summed E-state index contributed by atoms with van der Waals surface area (Å²) in [6.45, 7) is 0. The van der Waals surface area contributed by atoms with Gasteiger partial charge in [0.2, 0.25) is 0 Å². The molecule has 0 aromatic rings. The van der Waals surface area contributed by atoms with Crippen LogP contribution in [0.1, 0.15) is 0 Å². The number of rotatable bonds is 0. The Labute approximate surface area is 126 Å². The van der Waals surface area contributed by atoms with Gasteiger partial charge in [-0.25, -0.2) is 0 Å². The molecule has 9 heavy (non-hydrogen) atoms. The largest absolute Gasteiger partial charge is 2.00 e. The van der Waals surface area contributed by atoms with Crippen LogP contribution in [0.4, 0.5) is 0 Å². The van der Waals surface area contributed by atoms with E-state index in [-0.39, 0.29) is 128 Å². The summed E-state index contributed by atoms with van der Waals surface area (Å²) in [6.07, 6.45) is 0. The van der Waals surface area contributed by atoms with Crippen molar-refractivity contribution in [1.82, 2.24) is 0 Å². The smallest absolute Gasteiger partial charge is 0.813 e. The van der Waals surface area contributed by atoms with Gasteiger partial charge in [0.05, 0.1) is 0 Å². The van der Waals surface area contributed by atoms with Gasteiger partial charge in [0.25, 0.3) is 0 Å². The minimum atomic E-state index is 0. The predicted octanol–water partition coefficient (Wildman–Crippen LogP) is -1.92. The van der Waals surface area contributed by atoms with E-state index >= 15 is 0 Å². The molecule has 0 fully saturated rings. The van der Waals surface area contributed by atoms with E-state index in [0.29, 0.717) is 0 Å². The van der Waals surface area contributed by atoms with Crippen LogP contribution in [-0.2, 0) is 122 Å². The summed E-state index contributed by atoms with van der Waals surface area (Å²) in [5.41, 5.74) is 0. The summed E-state index contributed by atoms with van der Waals surface area (Å²) in [5, 5.41) is 0. The fourth-order valence-corrected chi connectivity index (χ4v) is 0. The van der Waals surface area contributed by atoms with Gasteiger partial charge in [-0.1, -0.05) is 0 Å². The molecule has 0 heterocycles. The summed E-state index contributed by atoms with van der Waals surface area (Å²) in [4.78, 5) is 0. The molecule has 0 unspecified atom stereocenters. The van der Waals surface area contributed by atoms with E-state index in [1.165, 1.54) is 0 Å². The third kappa shape index (κ3) is 86.2. The van der Waals surface area contributed by atoms with Crippen LogP contribution >= 0.6 is 0 Å². The second-order valence-electron chi connectivity index (χ2n) is 0. The fraction of sp³-hybridized carbons (Fsp3) is 0. The third-order valence-corrected chi connectivity index (χ3v) is 0. The van der Waals surface area contributed by atoms with Gasteiger partial charge >= 0.3 is 17.1 Å². The van der Waals surface area contributed by atoms with Crippen LogP contribution in [0, 0.1) is 0 Å². The van der Waals surface area contributed by atoms with E-state index in [2.05, 4.69) is 0 Å². The Balaban J connectivity index is 0. The van der Waals surface area contributed by atoms with Crippen LogP contribution < -0.4 is 0 Å². The van der Waals surface area contributed by atoms with Gasteiger partial charge < -0.3 is 59.5 Å². The molecule has 9 heteroatoms. The van der Waals surface area contributed by atoms with Gasteiger partial charge in [-0.05, 0) is 0 Å². The summed E-state index contributed by atoms with van der Waals surface area (Å²) in [7, 11) is 0. The summed E-state index contributed by atoms with van der Waals surface area (Å²) in [6, 6.07) is 0. The molecule has 0 rings (SSSR count). The summed E-state index contributed by atoms with van der Waals surface area (Å²) >= 11 is 0. The average molecular weight is 374 g/mol. The standard InChI is InChI=1S/4Fe.H2O.4H2S/h;;;;5*1H2/q;;;+2;;;;;/p-4. The molecule has 0 atom stereocenters. The Hall–Kier alpha value is 3.44. The monoisotopic (exact) mass is 374 g/mol. The maximum atomic E-state index is 0. The molecule has 0 amide bonds. The Kier molecular flexibility index (Phi) is 1610. The van der Waals surface area contributed by atoms with Gasteiger partial charge in [-0.15, -0.1) is 0 Å². The van der Waals surface area contributed by atoms with Gasteiger partial charge in [-0.3, -0.25) is 0 Å². The average Bonchev–Trinajstić information content (AvgIpc) is 0. The van der Waals surface area contributed by atoms with E-state index < -0.39 is 0 Å². The van der Waals surface area contributed by atoms with Crippen molar-refractivity contribution in [3.05, 3.63) is 0 Å². The third-order valence-electron chi connectivity index (χ3n) is 0. The van der Waals surface area contributed by atoms with Gasteiger partial charge in [0.1, 0.15) is 0 Å². The second kappa shape index (κ2) is 105. The molecule has 0 saturated heterocycles. The molecule has 0 aliphatic heterocycles. The molecule has 2 N–H and O–H groups in total. The first kappa shape index (κ1) is 138. The predicted molar refractivity (Wildman–Crippen MR) is 38.7 cm³/mol. The molecule has 0 aliphatic carbocycles. The fourth-order valence-electron chi connectivity index (χ4n) is 0. The van der Waals surface area contributed by atoms with Crippen LogP contribution in [-0.4, -0.2) is 5.48 Å². The van der Waals surface area contributed by atoms with Crippen LogP contribution in [0.15, 0.2) is 0 Å². The van der Waals surface area contributed by atoms with Crippen LogP contribution in [0.5, 0.6) is 0 Å². The first-order chi connectivity index (χ1) is 0. The molecule has 0 radical (unpaired) electrons. The van der Waals surface area contributed by atoms with Crippen molar-refractivity contribution in [2.75, 3.05) is 0 Å². The SMILES string of the molecule is O.[Fe+2].[Fe].[Fe].[Fe].[SH-].[SH-].[SH-].[SH-]. The molecule has 0 aromatic heterocycles. The second-order valence-corrected chi connectivity index (χ2v) is 0. The maximum absolute atomic E-state index is 0. The number of hydrogen-bond acceptors (Lipinski definition) is 4. The van der Waals surface area contributed by atoms with Crippen molar-refractivity contribution in [1.29, 1.82) is 0 Å². The molecular formula is H6Fe4OS4-2. The van der Waals surface area contributed by atoms with Crippen LogP contribution in [0.3, 0.4) is 0 Å². The van der Waals surface area contributed by atoms with E-state index in [1.807, 2.05) is 0 Å². The van der Waals surface area contributed by atoms with Gasteiger partial charge in [-0.2, -0.15) is 0 Å².